The maximum Gasteiger partial charge on any atom is 0.277 e. The van der Waals surface area contributed by atoms with Crippen LogP contribution in [-0.4, -0.2) is 30.6 Å². The molecule has 7 nitrogen and oxygen atoms in total. The highest BCUT2D eigenvalue weighted by Gasteiger charge is 2.18. The molecular formula is C21H17N5O2S. The van der Waals surface area contributed by atoms with Gasteiger partial charge in [0.15, 0.2) is 5.82 Å². The van der Waals surface area contributed by atoms with Crippen molar-refractivity contribution in [1.82, 2.24) is 19.7 Å². The third-order valence-electron chi connectivity index (χ3n) is 4.53. The molecule has 0 radical (unpaired) electrons. The van der Waals surface area contributed by atoms with E-state index in [2.05, 4.69) is 21.3 Å². The van der Waals surface area contributed by atoms with Gasteiger partial charge in [0.1, 0.15) is 17.4 Å². The Labute approximate surface area is 171 Å². The number of hydrogen-bond acceptors (Lipinski definition) is 7. The van der Waals surface area contributed by atoms with Gasteiger partial charge in [0.2, 0.25) is 5.89 Å². The fourth-order valence-electron chi connectivity index (χ4n) is 3.00. The van der Waals surface area contributed by atoms with Gasteiger partial charge in [0, 0.05) is 12.6 Å². The molecule has 0 saturated heterocycles. The van der Waals surface area contributed by atoms with Gasteiger partial charge in [0.05, 0.1) is 16.8 Å². The van der Waals surface area contributed by atoms with Gasteiger partial charge in [-0.25, -0.2) is 4.98 Å². The summed E-state index contributed by atoms with van der Waals surface area (Å²) in [5.74, 6) is 0.857. The van der Waals surface area contributed by atoms with E-state index in [9.17, 15) is 10.4 Å². The molecule has 0 saturated carbocycles. The molecule has 2 aromatic carbocycles. The number of nitrogens with zero attached hydrogens (tertiary/aromatic N) is 5. The van der Waals surface area contributed by atoms with E-state index in [0.717, 1.165) is 33.9 Å². The molecule has 2 aromatic heterocycles. The molecular weight excluding hydrogens is 386 g/mol. The zero-order valence-electron chi connectivity index (χ0n) is 15.8. The summed E-state index contributed by atoms with van der Waals surface area (Å²) in [4.78, 5) is 4.47. The molecule has 8 heteroatoms. The number of fused-ring (bicyclic) bond motifs is 1. The molecule has 2 heterocycles. The van der Waals surface area contributed by atoms with Crippen LogP contribution in [0, 0.1) is 18.3 Å². The molecule has 0 atom stereocenters. The van der Waals surface area contributed by atoms with E-state index in [0.29, 0.717) is 16.9 Å². The molecule has 1 N–H and O–H groups in total. The average Bonchev–Trinajstić information content (AvgIpc) is 3.33. The highest BCUT2D eigenvalue weighted by molar-refractivity contribution is 7.99. The maximum atomic E-state index is 10.5. The minimum atomic E-state index is -0.0912. The molecule has 0 unspecified atom stereocenters. The minimum absolute atomic E-state index is 0.0912. The zero-order chi connectivity index (χ0) is 20.4. The van der Waals surface area contributed by atoms with Crippen molar-refractivity contribution in [2.45, 2.75) is 12.1 Å². The molecule has 0 aliphatic heterocycles. The molecule has 0 amide bonds. The number of aromatic nitrogens is 4. The Kier molecular flexibility index (Phi) is 5.06. The normalized spacial score (nSPS) is 12.0. The van der Waals surface area contributed by atoms with Crippen LogP contribution < -0.4 is 0 Å². The summed E-state index contributed by atoms with van der Waals surface area (Å²) in [7, 11) is 1.81. The number of rotatable bonds is 5. The van der Waals surface area contributed by atoms with E-state index in [1.807, 2.05) is 62.5 Å². The predicted molar refractivity (Wildman–Crippen MR) is 111 cm³/mol. The van der Waals surface area contributed by atoms with Gasteiger partial charge < -0.3 is 14.1 Å². The monoisotopic (exact) mass is 403 g/mol. The third kappa shape index (κ3) is 3.60. The highest BCUT2D eigenvalue weighted by atomic mass is 32.2. The Hall–Kier alpha value is -3.57. The van der Waals surface area contributed by atoms with Crippen molar-refractivity contribution in [1.29, 1.82) is 5.26 Å². The third-order valence-corrected chi connectivity index (χ3v) is 5.36. The second-order valence-corrected chi connectivity index (χ2v) is 7.32. The summed E-state index contributed by atoms with van der Waals surface area (Å²) >= 11 is 1.16. The van der Waals surface area contributed by atoms with Crippen LogP contribution in [0.25, 0.3) is 28.1 Å². The van der Waals surface area contributed by atoms with Crippen molar-refractivity contribution in [3.05, 3.63) is 65.7 Å². The lowest BCUT2D eigenvalue weighted by Gasteiger charge is -2.04. The molecule has 0 fully saturated rings. The molecule has 4 rings (SSSR count). The van der Waals surface area contributed by atoms with E-state index >= 15 is 0 Å². The van der Waals surface area contributed by atoms with Gasteiger partial charge in [-0.1, -0.05) is 42.1 Å². The van der Waals surface area contributed by atoms with Gasteiger partial charge in [-0.2, -0.15) is 5.26 Å². The number of para-hydroxylation sites is 2. The zero-order valence-corrected chi connectivity index (χ0v) is 16.6. The lowest BCUT2D eigenvalue weighted by molar-refractivity contribution is 0.418. The lowest BCUT2D eigenvalue weighted by Crippen LogP contribution is -2.00. The first-order chi connectivity index (χ1) is 14.1. The Morgan fingerprint density at radius 1 is 1.17 bits per heavy atom. The smallest absolute Gasteiger partial charge is 0.277 e. The summed E-state index contributed by atoms with van der Waals surface area (Å²) in [6.45, 7) is 1.97. The van der Waals surface area contributed by atoms with Crippen LogP contribution >= 0.6 is 11.8 Å². The van der Waals surface area contributed by atoms with Crippen LogP contribution in [0.2, 0.25) is 0 Å². The summed E-state index contributed by atoms with van der Waals surface area (Å²) in [5.41, 5.74) is 3.66. The predicted octanol–water partition coefficient (Wildman–Crippen LogP) is 4.52. The van der Waals surface area contributed by atoms with Crippen LogP contribution in [0.3, 0.4) is 0 Å². The van der Waals surface area contributed by atoms with E-state index < -0.39 is 0 Å². The van der Waals surface area contributed by atoms with E-state index in [-0.39, 0.29) is 17.1 Å². The average molecular weight is 403 g/mol. The summed E-state index contributed by atoms with van der Waals surface area (Å²) in [6, 6.07) is 17.4. The summed E-state index contributed by atoms with van der Waals surface area (Å²) in [5, 5.41) is 28.5. The number of hydrogen-bond donors (Lipinski definition) is 1. The van der Waals surface area contributed by atoms with Gasteiger partial charge in [0.25, 0.3) is 5.22 Å². The van der Waals surface area contributed by atoms with Gasteiger partial charge >= 0.3 is 0 Å². The quantitative estimate of drug-likeness (QED) is 0.297. The first kappa shape index (κ1) is 18.8. The van der Waals surface area contributed by atoms with Gasteiger partial charge in [-0.3, -0.25) is 0 Å². The van der Waals surface area contributed by atoms with Crippen LogP contribution in [0.15, 0.2) is 63.9 Å². The van der Waals surface area contributed by atoms with Gasteiger partial charge in [-0.05, 0) is 30.7 Å². The summed E-state index contributed by atoms with van der Waals surface area (Å²) in [6.07, 6.45) is 0. The van der Waals surface area contributed by atoms with E-state index in [4.69, 9.17) is 4.42 Å². The molecule has 0 bridgehead atoms. The van der Waals surface area contributed by atoms with Crippen LogP contribution in [0.1, 0.15) is 11.4 Å². The van der Waals surface area contributed by atoms with Crippen LogP contribution in [0.5, 0.6) is 0 Å². The maximum absolute atomic E-state index is 10.5. The largest absolute Gasteiger partial charge is 0.510 e. The Balaban J connectivity index is 1.57. The number of imidazole rings is 1. The number of allylic oxidation sites excluding steroid dienone is 1. The van der Waals surface area contributed by atoms with Crippen LogP contribution in [-0.2, 0) is 7.05 Å². The first-order valence-corrected chi connectivity index (χ1v) is 9.83. The molecule has 0 aliphatic carbocycles. The number of benzene rings is 2. The van der Waals surface area contributed by atoms with Crippen molar-refractivity contribution in [3.63, 3.8) is 0 Å². The topological polar surface area (TPSA) is 101 Å². The first-order valence-electron chi connectivity index (χ1n) is 8.85. The van der Waals surface area contributed by atoms with Crippen molar-refractivity contribution in [2.24, 2.45) is 7.05 Å². The number of nitriles is 1. The standard InChI is InChI=1S/C21H17N5O2S/c1-13-7-3-4-8-14(13)20-24-25-21(28-20)29-12-18(27)15(11-22)19-23-16-9-5-6-10-17(16)26(19)2/h3-10,27H,12H2,1-2H3/b18-15-. The van der Waals surface area contributed by atoms with Crippen molar-refractivity contribution >= 4 is 28.4 Å². The number of thioether (sulfide) groups is 1. The Morgan fingerprint density at radius 2 is 1.93 bits per heavy atom. The lowest BCUT2D eigenvalue weighted by atomic mass is 10.1. The molecule has 0 aliphatic rings. The SMILES string of the molecule is Cc1ccccc1-c1nnc(SC/C(O)=C(\C#N)c2nc3ccccc3n2C)o1. The molecule has 144 valence electrons. The van der Waals surface area contributed by atoms with Gasteiger partial charge in [-0.15, -0.1) is 10.2 Å². The van der Waals surface area contributed by atoms with Crippen LogP contribution in [0.4, 0.5) is 0 Å². The fourth-order valence-corrected chi connectivity index (χ4v) is 3.65. The second-order valence-electron chi connectivity index (χ2n) is 6.39. The van der Waals surface area contributed by atoms with Crippen molar-refractivity contribution in [2.75, 3.05) is 5.75 Å². The molecule has 0 spiro atoms. The Morgan fingerprint density at radius 3 is 2.69 bits per heavy atom. The van der Waals surface area contributed by atoms with Crippen molar-refractivity contribution < 1.29 is 9.52 Å². The number of aryl methyl sites for hydroxylation is 2. The number of aliphatic hydroxyl groups excluding tert-OH is 1. The summed E-state index contributed by atoms with van der Waals surface area (Å²) < 4.78 is 7.48. The molecule has 4 aromatic rings. The number of aliphatic hydroxyl groups is 1. The minimum Gasteiger partial charge on any atom is -0.510 e. The Bertz CT molecular complexity index is 1270. The fraction of sp³-hybridized carbons (Fsp3) is 0.143. The highest BCUT2D eigenvalue weighted by Crippen LogP contribution is 2.28. The van der Waals surface area contributed by atoms with E-state index in [1.165, 1.54) is 0 Å². The van der Waals surface area contributed by atoms with Crippen molar-refractivity contribution in [3.8, 4) is 17.5 Å². The van der Waals surface area contributed by atoms with E-state index in [1.54, 1.807) is 4.57 Å². The molecule has 29 heavy (non-hydrogen) atoms. The second kappa shape index (κ2) is 7.81.